The van der Waals surface area contributed by atoms with E-state index in [1.807, 2.05) is 24.4 Å². The van der Waals surface area contributed by atoms with E-state index in [-0.39, 0.29) is 0 Å². The van der Waals surface area contributed by atoms with Crippen LogP contribution in [0.4, 0.5) is 0 Å². The van der Waals surface area contributed by atoms with Gasteiger partial charge in [0.15, 0.2) is 0 Å². The predicted molar refractivity (Wildman–Crippen MR) is 154 cm³/mol. The van der Waals surface area contributed by atoms with Gasteiger partial charge in [-0.3, -0.25) is 4.99 Å². The van der Waals surface area contributed by atoms with Crippen LogP contribution in [0.1, 0.15) is 54.9 Å². The molecule has 5 heteroatoms. The van der Waals surface area contributed by atoms with Crippen molar-refractivity contribution >= 4 is 23.2 Å². The van der Waals surface area contributed by atoms with E-state index in [9.17, 15) is 5.11 Å². The predicted octanol–water partition coefficient (Wildman–Crippen LogP) is 9.15. The Balaban J connectivity index is 0.00000102. The van der Waals surface area contributed by atoms with Crippen molar-refractivity contribution in [1.82, 2.24) is 0 Å². The van der Waals surface area contributed by atoms with E-state index in [1.165, 1.54) is 12.8 Å². The van der Waals surface area contributed by atoms with Gasteiger partial charge in [-0.15, -0.1) is 0 Å². The second-order valence-corrected chi connectivity index (χ2v) is 13.2. The number of hydrogen-bond donors (Lipinski definition) is 1. The van der Waals surface area contributed by atoms with Gasteiger partial charge >= 0.3 is 37.9 Å². The summed E-state index contributed by atoms with van der Waals surface area (Å²) in [6.07, 6.45) is 6.65. The summed E-state index contributed by atoms with van der Waals surface area (Å²) in [6.45, 7) is 2.21. The summed E-state index contributed by atoms with van der Waals surface area (Å²) in [5, 5.41) is 11.7. The zero-order chi connectivity index (χ0) is 26.1. The molecular formula is C32H31Cl2NOZr. The third-order valence-corrected chi connectivity index (χ3v) is 7.24. The molecule has 0 atom stereocenters. The van der Waals surface area contributed by atoms with Gasteiger partial charge in [0, 0.05) is 28.8 Å². The Kier molecular flexibility index (Phi) is 10.2. The van der Waals surface area contributed by atoms with Gasteiger partial charge in [0.05, 0.1) is 0 Å². The first-order valence-electron chi connectivity index (χ1n) is 12.6. The topological polar surface area (TPSA) is 32.6 Å². The van der Waals surface area contributed by atoms with Crippen LogP contribution in [0.2, 0.25) is 0 Å². The minimum atomic E-state index is -0.826. The Bertz CT molecular complexity index is 1250. The van der Waals surface area contributed by atoms with Crippen molar-refractivity contribution in [3.63, 3.8) is 0 Å². The van der Waals surface area contributed by atoms with E-state index in [1.54, 1.807) is 0 Å². The maximum absolute atomic E-state index is 11.7. The molecule has 4 aromatic rings. The molecule has 0 aliphatic heterocycles. The summed E-state index contributed by atoms with van der Waals surface area (Å²) >= 11 is -0.826. The molecule has 37 heavy (non-hydrogen) atoms. The number of benzene rings is 4. The molecular weight excluding hydrogens is 576 g/mol. The van der Waals surface area contributed by atoms with E-state index in [0.29, 0.717) is 11.8 Å². The van der Waals surface area contributed by atoms with Crippen molar-refractivity contribution in [1.29, 1.82) is 0 Å². The van der Waals surface area contributed by atoms with Crippen LogP contribution in [0, 0.1) is 0 Å². The molecule has 0 unspecified atom stereocenters. The molecule has 0 heterocycles. The fourth-order valence-corrected chi connectivity index (χ4v) is 5.19. The Morgan fingerprint density at radius 1 is 0.784 bits per heavy atom. The van der Waals surface area contributed by atoms with Crippen molar-refractivity contribution in [2.24, 2.45) is 4.99 Å². The first-order valence-corrected chi connectivity index (χ1v) is 18.9. The number of halogens is 2. The van der Waals surface area contributed by atoms with Gasteiger partial charge in [0.25, 0.3) is 0 Å². The average molecular weight is 608 g/mol. The molecule has 1 aliphatic rings. The van der Waals surface area contributed by atoms with E-state index in [0.717, 1.165) is 46.2 Å². The van der Waals surface area contributed by atoms with E-state index >= 15 is 0 Å². The quantitative estimate of drug-likeness (QED) is 0.172. The van der Waals surface area contributed by atoms with Crippen LogP contribution in [0.25, 0.3) is 11.1 Å². The zero-order valence-electron chi connectivity index (χ0n) is 20.9. The van der Waals surface area contributed by atoms with Gasteiger partial charge < -0.3 is 5.11 Å². The van der Waals surface area contributed by atoms with Crippen molar-refractivity contribution in [3.05, 3.63) is 125 Å². The number of nitrogens with zero attached hydrogens (tertiary/aromatic N) is 1. The summed E-state index contributed by atoms with van der Waals surface area (Å²) in [4.78, 5) is 4.87. The number of aliphatic imine (C=N–C) groups is 1. The Morgan fingerprint density at radius 2 is 1.27 bits per heavy atom. The van der Waals surface area contributed by atoms with Crippen LogP contribution >= 0.6 is 17.0 Å². The third-order valence-electron chi connectivity index (χ3n) is 7.24. The molecule has 0 radical (unpaired) electrons. The molecule has 0 spiro atoms. The molecule has 1 saturated carbocycles. The number of aromatic hydroxyl groups is 1. The fourth-order valence-electron chi connectivity index (χ4n) is 5.19. The van der Waals surface area contributed by atoms with E-state index in [4.69, 9.17) is 22.0 Å². The first-order chi connectivity index (χ1) is 18.1. The van der Waals surface area contributed by atoms with Crippen molar-refractivity contribution in [2.75, 3.05) is 0 Å². The number of hydrogen-bond acceptors (Lipinski definition) is 2. The molecule has 0 aromatic heterocycles. The maximum atomic E-state index is 11.7. The van der Waals surface area contributed by atoms with Crippen LogP contribution in [-0.2, 0) is 26.3 Å². The van der Waals surface area contributed by atoms with Gasteiger partial charge in [0.1, 0.15) is 5.75 Å². The zero-order valence-corrected chi connectivity index (χ0v) is 24.9. The minimum absolute atomic E-state index is 0.302. The van der Waals surface area contributed by atoms with Gasteiger partial charge in [-0.2, -0.15) is 0 Å². The van der Waals surface area contributed by atoms with Crippen LogP contribution in [0.3, 0.4) is 0 Å². The normalized spacial score (nSPS) is 13.8. The third kappa shape index (κ3) is 6.64. The Labute approximate surface area is 239 Å². The van der Waals surface area contributed by atoms with Gasteiger partial charge in [-0.25, -0.2) is 0 Å². The monoisotopic (exact) mass is 605 g/mol. The molecule has 1 fully saturated rings. The summed E-state index contributed by atoms with van der Waals surface area (Å²) in [7, 11) is 9.87. The Morgan fingerprint density at radius 3 is 1.78 bits per heavy atom. The van der Waals surface area contributed by atoms with Crippen molar-refractivity contribution in [3.8, 4) is 16.9 Å². The molecule has 1 N–H and O–H groups in total. The molecule has 2 nitrogen and oxygen atoms in total. The number of phenolic OH excluding ortho intramolecular Hbond substituents is 1. The summed E-state index contributed by atoms with van der Waals surface area (Å²) in [5.74, 6) is 0.302. The van der Waals surface area contributed by atoms with Crippen molar-refractivity contribution in [2.45, 2.75) is 44.1 Å². The molecule has 4 aromatic carbocycles. The second-order valence-electron chi connectivity index (χ2n) is 9.47. The molecule has 0 saturated heterocycles. The fraction of sp³-hybridized carbons (Fsp3) is 0.219. The SMILES string of the molecule is CC(c1ccccc1)(c1ccccc1)c1cc(-c2ccccc2)cc(C=NC2CCCC2)c1O.[Cl][Zr][Cl]. The van der Waals surface area contributed by atoms with Crippen LogP contribution < -0.4 is 0 Å². The second kappa shape index (κ2) is 13.6. The molecule has 5 rings (SSSR count). The van der Waals surface area contributed by atoms with Crippen molar-refractivity contribution < 1.29 is 26.0 Å². The average Bonchev–Trinajstić information content (AvgIpc) is 3.48. The molecule has 0 bridgehead atoms. The number of phenols is 1. The van der Waals surface area contributed by atoms with Gasteiger partial charge in [-0.1, -0.05) is 104 Å². The van der Waals surface area contributed by atoms with Crippen LogP contribution in [0.5, 0.6) is 5.75 Å². The molecule has 1 aliphatic carbocycles. The van der Waals surface area contributed by atoms with E-state index in [2.05, 4.69) is 91.9 Å². The van der Waals surface area contributed by atoms with Gasteiger partial charge in [0.2, 0.25) is 0 Å². The Hall–Kier alpha value is -2.19. The summed E-state index contributed by atoms with van der Waals surface area (Å²) < 4.78 is 0. The first kappa shape index (κ1) is 27.8. The van der Waals surface area contributed by atoms with Gasteiger partial charge in [-0.05, 0) is 54.2 Å². The number of rotatable bonds is 6. The molecule has 188 valence electrons. The van der Waals surface area contributed by atoms with Crippen LogP contribution in [-0.4, -0.2) is 17.4 Å². The summed E-state index contributed by atoms with van der Waals surface area (Å²) in [6, 6.07) is 35.9. The van der Waals surface area contributed by atoms with E-state index < -0.39 is 26.3 Å². The van der Waals surface area contributed by atoms with Crippen LogP contribution in [0.15, 0.2) is 108 Å². The molecule has 0 amide bonds. The standard InChI is InChI=1S/C32H31NO.2ClH.Zr/c1-32(27-15-7-3-8-16-27,28-17-9-4-10-18-28)30-22-25(24-13-5-2-6-14-24)21-26(31(30)34)23-33-29-19-11-12-20-29;;;/h2-10,13-18,21-23,29,34H,11-12,19-20H2,1H3;2*1H;/q;;;+2/p-2. The summed E-state index contributed by atoms with van der Waals surface area (Å²) in [5.41, 5.74) is 5.62.